The maximum absolute atomic E-state index is 12.4. The first kappa shape index (κ1) is 20.1. The van der Waals surface area contributed by atoms with Gasteiger partial charge in [0.1, 0.15) is 0 Å². The predicted molar refractivity (Wildman–Crippen MR) is 104 cm³/mol. The van der Waals surface area contributed by atoms with Gasteiger partial charge in [-0.1, -0.05) is 6.07 Å². The molecule has 0 aromatic carbocycles. The van der Waals surface area contributed by atoms with Crippen LogP contribution in [0, 0.1) is 0 Å². The average molecular weight is 402 g/mol. The number of amides is 1. The Bertz CT molecular complexity index is 783. The fourth-order valence-corrected chi connectivity index (χ4v) is 4.61. The lowest BCUT2D eigenvalue weighted by molar-refractivity contribution is 0.0946. The van der Waals surface area contributed by atoms with E-state index in [1.807, 2.05) is 31.6 Å². The number of sulfonamides is 1. The van der Waals surface area contributed by atoms with Crippen molar-refractivity contribution in [3.8, 4) is 0 Å². The first-order valence-corrected chi connectivity index (χ1v) is 11.4. The van der Waals surface area contributed by atoms with E-state index in [2.05, 4.69) is 21.0 Å². The van der Waals surface area contributed by atoms with Crippen molar-refractivity contribution in [3.05, 3.63) is 44.3 Å². The summed E-state index contributed by atoms with van der Waals surface area (Å²) < 4.78 is 24.6. The highest BCUT2D eigenvalue weighted by Crippen LogP contribution is 2.23. The van der Waals surface area contributed by atoms with Gasteiger partial charge in [0.05, 0.1) is 17.2 Å². The molecular formula is C16H23N3O3S3. The summed E-state index contributed by atoms with van der Waals surface area (Å²) in [5, 5.41) is 5.02. The molecule has 138 valence electrons. The second-order valence-electron chi connectivity index (χ2n) is 5.89. The lowest BCUT2D eigenvalue weighted by Crippen LogP contribution is -2.33. The minimum Gasteiger partial charge on any atom is -0.349 e. The Morgan fingerprint density at radius 2 is 2.04 bits per heavy atom. The summed E-state index contributed by atoms with van der Waals surface area (Å²) in [6.45, 7) is 0.872. The van der Waals surface area contributed by atoms with Crippen LogP contribution < -0.4 is 10.0 Å². The van der Waals surface area contributed by atoms with Crippen LogP contribution in [-0.2, 0) is 16.4 Å². The number of nitrogens with one attached hydrogen (secondary N) is 2. The summed E-state index contributed by atoms with van der Waals surface area (Å²) in [6.07, 6.45) is 1.70. The molecule has 0 aliphatic heterocycles. The van der Waals surface area contributed by atoms with Gasteiger partial charge in [-0.15, -0.1) is 22.7 Å². The van der Waals surface area contributed by atoms with E-state index in [-0.39, 0.29) is 11.9 Å². The van der Waals surface area contributed by atoms with Crippen molar-refractivity contribution in [1.29, 1.82) is 0 Å². The molecule has 2 aromatic rings. The lowest BCUT2D eigenvalue weighted by atomic mass is 10.2. The molecule has 1 unspecified atom stereocenters. The smallest absolute Gasteiger partial charge is 0.261 e. The molecule has 2 rings (SSSR count). The zero-order chi connectivity index (χ0) is 18.4. The van der Waals surface area contributed by atoms with E-state index < -0.39 is 10.0 Å². The molecule has 2 N–H and O–H groups in total. The van der Waals surface area contributed by atoms with E-state index in [1.54, 1.807) is 17.4 Å². The first-order chi connectivity index (χ1) is 11.8. The summed E-state index contributed by atoms with van der Waals surface area (Å²) in [6, 6.07) is 7.87. The molecule has 6 nitrogen and oxygen atoms in total. The third kappa shape index (κ3) is 6.52. The standard InChI is InChI=1S/C16H23N3O3S3/c1-19(2)13(14-5-4-10-23-14)11-17-16(20)15-7-6-12(24-15)8-9-18-25(3,21)22/h4-7,10,13,18H,8-9,11H2,1-3H3,(H,17,20). The highest BCUT2D eigenvalue weighted by atomic mass is 32.2. The Morgan fingerprint density at radius 3 is 2.64 bits per heavy atom. The van der Waals surface area contributed by atoms with Crippen LogP contribution in [0.25, 0.3) is 0 Å². The fraction of sp³-hybridized carbons (Fsp3) is 0.438. The molecule has 2 aromatic heterocycles. The maximum Gasteiger partial charge on any atom is 0.261 e. The zero-order valence-corrected chi connectivity index (χ0v) is 16.9. The summed E-state index contributed by atoms with van der Waals surface area (Å²) in [4.78, 5) is 17.3. The van der Waals surface area contributed by atoms with E-state index >= 15 is 0 Å². The highest BCUT2D eigenvalue weighted by Gasteiger charge is 2.17. The minimum absolute atomic E-state index is 0.101. The molecule has 1 atom stereocenters. The molecule has 0 radical (unpaired) electrons. The van der Waals surface area contributed by atoms with Gasteiger partial charge in [-0.2, -0.15) is 0 Å². The van der Waals surface area contributed by atoms with Crippen molar-refractivity contribution in [2.45, 2.75) is 12.5 Å². The van der Waals surface area contributed by atoms with E-state index in [1.165, 1.54) is 16.2 Å². The van der Waals surface area contributed by atoms with Crippen LogP contribution in [0.4, 0.5) is 0 Å². The van der Waals surface area contributed by atoms with E-state index in [0.29, 0.717) is 24.4 Å². The Kier molecular flexibility index (Phi) is 7.14. The Morgan fingerprint density at radius 1 is 1.28 bits per heavy atom. The molecule has 0 saturated heterocycles. The number of carbonyl (C=O) groups is 1. The number of carbonyl (C=O) groups excluding carboxylic acids is 1. The molecule has 0 aliphatic carbocycles. The number of thiophene rings is 2. The number of hydrogen-bond acceptors (Lipinski definition) is 6. The number of nitrogens with zero attached hydrogens (tertiary/aromatic N) is 1. The van der Waals surface area contributed by atoms with Crippen molar-refractivity contribution in [1.82, 2.24) is 14.9 Å². The molecule has 2 heterocycles. The molecular weight excluding hydrogens is 378 g/mol. The normalized spacial score (nSPS) is 13.1. The largest absolute Gasteiger partial charge is 0.349 e. The molecule has 0 aliphatic rings. The maximum atomic E-state index is 12.4. The Balaban J connectivity index is 1.88. The van der Waals surface area contributed by atoms with Crippen molar-refractivity contribution < 1.29 is 13.2 Å². The fourth-order valence-electron chi connectivity index (χ4n) is 2.29. The van der Waals surface area contributed by atoms with Crippen molar-refractivity contribution in [3.63, 3.8) is 0 Å². The van der Waals surface area contributed by atoms with Crippen LogP contribution in [0.2, 0.25) is 0 Å². The molecule has 25 heavy (non-hydrogen) atoms. The second kappa shape index (κ2) is 8.91. The summed E-state index contributed by atoms with van der Waals surface area (Å²) in [5.41, 5.74) is 0. The predicted octanol–water partition coefficient (Wildman–Crippen LogP) is 1.93. The summed E-state index contributed by atoms with van der Waals surface area (Å²) in [5.74, 6) is -0.101. The van der Waals surface area contributed by atoms with E-state index in [9.17, 15) is 13.2 Å². The Hall–Kier alpha value is -1.26. The third-order valence-electron chi connectivity index (χ3n) is 3.57. The van der Waals surface area contributed by atoms with Gasteiger partial charge in [0.25, 0.3) is 5.91 Å². The molecule has 9 heteroatoms. The highest BCUT2D eigenvalue weighted by molar-refractivity contribution is 7.88. The summed E-state index contributed by atoms with van der Waals surface area (Å²) >= 11 is 3.07. The van der Waals surface area contributed by atoms with Gasteiger partial charge in [0, 0.05) is 22.8 Å². The topological polar surface area (TPSA) is 78.5 Å². The number of hydrogen-bond donors (Lipinski definition) is 2. The molecule has 0 saturated carbocycles. The van der Waals surface area contributed by atoms with Gasteiger partial charge in [-0.05, 0) is 44.1 Å². The van der Waals surface area contributed by atoms with Crippen molar-refractivity contribution in [2.24, 2.45) is 0 Å². The number of likely N-dealkylation sites (N-methyl/N-ethyl adjacent to an activating group) is 1. The van der Waals surface area contributed by atoms with Crippen LogP contribution in [0.5, 0.6) is 0 Å². The quantitative estimate of drug-likeness (QED) is 0.673. The van der Waals surface area contributed by atoms with Gasteiger partial charge in [0.15, 0.2) is 0 Å². The first-order valence-electron chi connectivity index (χ1n) is 7.77. The van der Waals surface area contributed by atoms with Gasteiger partial charge in [-0.25, -0.2) is 13.1 Å². The van der Waals surface area contributed by atoms with Crippen molar-refractivity contribution >= 4 is 38.6 Å². The average Bonchev–Trinajstić information content (AvgIpc) is 3.17. The van der Waals surface area contributed by atoms with Crippen LogP contribution in [0.1, 0.15) is 25.5 Å². The van der Waals surface area contributed by atoms with Gasteiger partial charge in [0.2, 0.25) is 10.0 Å². The molecule has 0 spiro atoms. The van der Waals surface area contributed by atoms with E-state index in [0.717, 1.165) is 11.1 Å². The Labute approximate surface area is 156 Å². The lowest BCUT2D eigenvalue weighted by Gasteiger charge is -2.23. The van der Waals surface area contributed by atoms with Crippen LogP contribution >= 0.6 is 22.7 Å². The van der Waals surface area contributed by atoms with E-state index in [4.69, 9.17) is 0 Å². The van der Waals surface area contributed by atoms with Gasteiger partial charge in [-0.3, -0.25) is 4.79 Å². The second-order valence-corrected chi connectivity index (χ2v) is 9.87. The van der Waals surface area contributed by atoms with Gasteiger partial charge >= 0.3 is 0 Å². The monoisotopic (exact) mass is 401 g/mol. The molecule has 0 fully saturated rings. The van der Waals surface area contributed by atoms with Gasteiger partial charge < -0.3 is 10.2 Å². The number of rotatable bonds is 9. The SMILES string of the molecule is CN(C)C(CNC(=O)c1ccc(CCNS(C)(=O)=O)s1)c1cccs1. The van der Waals surface area contributed by atoms with Crippen molar-refractivity contribution in [2.75, 3.05) is 33.4 Å². The molecule has 0 bridgehead atoms. The minimum atomic E-state index is -3.18. The third-order valence-corrected chi connectivity index (χ3v) is 6.42. The summed E-state index contributed by atoms with van der Waals surface area (Å²) in [7, 11) is 0.809. The van der Waals surface area contributed by atoms with Crippen LogP contribution in [0.3, 0.4) is 0 Å². The van der Waals surface area contributed by atoms with Crippen LogP contribution in [-0.4, -0.2) is 52.7 Å². The molecule has 1 amide bonds. The zero-order valence-electron chi connectivity index (χ0n) is 14.5. The van der Waals surface area contributed by atoms with Crippen LogP contribution in [0.15, 0.2) is 29.6 Å².